The first-order chi connectivity index (χ1) is 28.3. The lowest BCUT2D eigenvalue weighted by atomic mass is 9.70. The van der Waals surface area contributed by atoms with Gasteiger partial charge in [-0.2, -0.15) is 0 Å². The van der Waals surface area contributed by atoms with Gasteiger partial charge in [0.25, 0.3) is 0 Å². The topological polar surface area (TPSA) is 25.8 Å². The Labute approximate surface area is 329 Å². The second kappa shape index (κ2) is 11.3. The van der Waals surface area contributed by atoms with Crippen molar-refractivity contribution in [3.63, 3.8) is 0 Å². The van der Waals surface area contributed by atoms with E-state index in [4.69, 9.17) is 9.97 Å². The third-order valence-corrected chi connectivity index (χ3v) is 12.8. The molecule has 0 radical (unpaired) electrons. The SMILES string of the molecule is c1ccc(-c2nc(-c3ccc4c(c3)-c3ccccc3C43c4cc5c6ccccc6c6ccccc6c5cc4-c4c3ccc3ccccc43)nc3ccccc23)cc1. The van der Waals surface area contributed by atoms with Crippen LogP contribution < -0.4 is 0 Å². The molecule has 1 spiro atoms. The van der Waals surface area contributed by atoms with Crippen LogP contribution in [0, 0.1) is 0 Å². The van der Waals surface area contributed by atoms with Gasteiger partial charge in [-0.3, -0.25) is 0 Å². The summed E-state index contributed by atoms with van der Waals surface area (Å²) in [5.74, 6) is 0.733. The van der Waals surface area contributed by atoms with Crippen molar-refractivity contribution in [3.8, 4) is 44.9 Å². The van der Waals surface area contributed by atoms with Crippen molar-refractivity contribution in [1.82, 2.24) is 9.97 Å². The van der Waals surface area contributed by atoms with Gasteiger partial charge in [-0.25, -0.2) is 9.97 Å². The summed E-state index contributed by atoms with van der Waals surface area (Å²) in [7, 11) is 0. The summed E-state index contributed by atoms with van der Waals surface area (Å²) in [4.78, 5) is 10.5. The maximum Gasteiger partial charge on any atom is 0.160 e. The summed E-state index contributed by atoms with van der Waals surface area (Å²) < 4.78 is 0. The zero-order valence-corrected chi connectivity index (χ0v) is 30.9. The van der Waals surface area contributed by atoms with Crippen LogP contribution in [0.1, 0.15) is 22.3 Å². The molecule has 0 bridgehead atoms. The molecule has 0 N–H and O–H groups in total. The van der Waals surface area contributed by atoms with Crippen LogP contribution in [0.5, 0.6) is 0 Å². The number of para-hydroxylation sites is 1. The maximum atomic E-state index is 5.29. The molecule has 0 aliphatic heterocycles. The summed E-state index contributed by atoms with van der Waals surface area (Å²) in [5, 5.41) is 11.3. The fourth-order valence-electron chi connectivity index (χ4n) is 10.5. The van der Waals surface area contributed by atoms with Crippen LogP contribution >= 0.6 is 0 Å². The Balaban J connectivity index is 1.14. The van der Waals surface area contributed by atoms with E-state index < -0.39 is 5.41 Å². The van der Waals surface area contributed by atoms with Crippen LogP contribution in [0.25, 0.3) is 98.9 Å². The molecule has 2 aliphatic carbocycles. The smallest absolute Gasteiger partial charge is 0.160 e. The normalized spacial score (nSPS) is 15.1. The fraction of sp³-hybridized carbons (Fsp3) is 0.0182. The van der Waals surface area contributed by atoms with E-state index in [1.54, 1.807) is 0 Å². The summed E-state index contributed by atoms with van der Waals surface area (Å²) in [6.07, 6.45) is 0. The molecule has 10 aromatic carbocycles. The van der Waals surface area contributed by atoms with E-state index in [-0.39, 0.29) is 0 Å². The molecule has 0 fully saturated rings. The monoisotopic (exact) mass is 720 g/mol. The molecule has 2 heteroatoms. The fourth-order valence-corrected chi connectivity index (χ4v) is 10.5. The molecule has 2 nitrogen and oxygen atoms in total. The number of aromatic nitrogens is 2. The van der Waals surface area contributed by atoms with Crippen LogP contribution in [-0.2, 0) is 5.41 Å². The Hall–Kier alpha value is -7.42. The van der Waals surface area contributed by atoms with E-state index in [1.165, 1.54) is 87.6 Å². The van der Waals surface area contributed by atoms with Crippen LogP contribution in [0.4, 0.5) is 0 Å². The van der Waals surface area contributed by atoms with Crippen molar-refractivity contribution >= 4 is 54.0 Å². The highest BCUT2D eigenvalue weighted by Gasteiger charge is 2.52. The molecule has 1 heterocycles. The van der Waals surface area contributed by atoms with Crippen molar-refractivity contribution in [3.05, 3.63) is 216 Å². The standard InChI is InChI=1S/C55H32N2/c1-2-15-34(16-3-1)53-42-23-11-13-25-51(42)56-54(57-53)35-27-28-48-45(30-35)41-22-10-12-24-47(41)55(48)49-29-26-33-14-4-5-17-36(33)52(49)46-31-43-39-20-8-6-18-37(39)38-19-7-9-21-40(38)44(43)32-50(46)55/h1-32H. The van der Waals surface area contributed by atoms with Gasteiger partial charge in [0.2, 0.25) is 0 Å². The highest BCUT2D eigenvalue weighted by Crippen LogP contribution is 2.64. The highest BCUT2D eigenvalue weighted by atomic mass is 14.9. The van der Waals surface area contributed by atoms with Crippen LogP contribution in [-0.4, -0.2) is 9.97 Å². The molecule has 0 saturated carbocycles. The molecule has 262 valence electrons. The summed E-state index contributed by atoms with van der Waals surface area (Å²) in [6.45, 7) is 0. The van der Waals surface area contributed by atoms with E-state index in [0.29, 0.717) is 0 Å². The van der Waals surface area contributed by atoms with Gasteiger partial charge in [0.05, 0.1) is 16.6 Å². The summed E-state index contributed by atoms with van der Waals surface area (Å²) in [5.41, 5.74) is 13.9. The first kappa shape index (κ1) is 30.9. The van der Waals surface area contributed by atoms with Gasteiger partial charge in [-0.1, -0.05) is 170 Å². The first-order valence-electron chi connectivity index (χ1n) is 19.7. The molecule has 0 saturated heterocycles. The Morgan fingerprint density at radius 2 is 0.912 bits per heavy atom. The molecular formula is C55H32N2. The van der Waals surface area contributed by atoms with Gasteiger partial charge in [-0.05, 0) is 112 Å². The van der Waals surface area contributed by atoms with Gasteiger partial charge >= 0.3 is 0 Å². The molecule has 1 atom stereocenters. The van der Waals surface area contributed by atoms with Crippen LogP contribution in [0.15, 0.2) is 194 Å². The van der Waals surface area contributed by atoms with Crippen molar-refractivity contribution < 1.29 is 0 Å². The molecule has 2 aliphatic rings. The number of fused-ring (bicyclic) bond motifs is 19. The number of rotatable bonds is 2. The average Bonchev–Trinajstić information content (AvgIpc) is 3.75. The molecule has 1 aromatic heterocycles. The number of nitrogens with zero attached hydrogens (tertiary/aromatic N) is 2. The minimum absolute atomic E-state index is 0.514. The Morgan fingerprint density at radius 1 is 0.316 bits per heavy atom. The lowest BCUT2D eigenvalue weighted by Crippen LogP contribution is -2.25. The average molecular weight is 721 g/mol. The minimum atomic E-state index is -0.514. The molecule has 11 aromatic rings. The molecule has 1 unspecified atom stereocenters. The number of benzene rings is 10. The zero-order chi connectivity index (χ0) is 37.2. The van der Waals surface area contributed by atoms with Gasteiger partial charge < -0.3 is 0 Å². The Morgan fingerprint density at radius 3 is 1.70 bits per heavy atom. The van der Waals surface area contributed by atoms with E-state index in [2.05, 4.69) is 194 Å². The summed E-state index contributed by atoms with van der Waals surface area (Å²) >= 11 is 0. The Kier molecular flexibility index (Phi) is 6.13. The summed E-state index contributed by atoms with van der Waals surface area (Å²) in [6, 6.07) is 71.4. The minimum Gasteiger partial charge on any atom is -0.228 e. The second-order valence-corrected chi connectivity index (χ2v) is 15.6. The predicted molar refractivity (Wildman–Crippen MR) is 237 cm³/mol. The van der Waals surface area contributed by atoms with E-state index >= 15 is 0 Å². The van der Waals surface area contributed by atoms with Gasteiger partial charge in [0, 0.05) is 16.5 Å². The Bertz CT molecular complexity index is 3530. The van der Waals surface area contributed by atoms with E-state index in [9.17, 15) is 0 Å². The third kappa shape index (κ3) is 4.04. The quantitative estimate of drug-likeness (QED) is 0.166. The molecule has 0 amide bonds. The first-order valence-corrected chi connectivity index (χ1v) is 19.7. The zero-order valence-electron chi connectivity index (χ0n) is 30.9. The molecule has 13 rings (SSSR count). The predicted octanol–water partition coefficient (Wildman–Crippen LogP) is 13.9. The van der Waals surface area contributed by atoms with Crippen molar-refractivity contribution in [2.75, 3.05) is 0 Å². The lowest BCUT2D eigenvalue weighted by molar-refractivity contribution is 0.796. The van der Waals surface area contributed by atoms with Crippen LogP contribution in [0.3, 0.4) is 0 Å². The lowest BCUT2D eigenvalue weighted by Gasteiger charge is -2.31. The van der Waals surface area contributed by atoms with Crippen LogP contribution in [0.2, 0.25) is 0 Å². The van der Waals surface area contributed by atoms with Gasteiger partial charge in [-0.15, -0.1) is 0 Å². The maximum absolute atomic E-state index is 5.29. The van der Waals surface area contributed by atoms with Gasteiger partial charge in [0.1, 0.15) is 0 Å². The van der Waals surface area contributed by atoms with Crippen molar-refractivity contribution in [2.45, 2.75) is 5.41 Å². The largest absolute Gasteiger partial charge is 0.228 e. The van der Waals surface area contributed by atoms with Gasteiger partial charge in [0.15, 0.2) is 5.82 Å². The molecular weight excluding hydrogens is 689 g/mol. The highest BCUT2D eigenvalue weighted by molar-refractivity contribution is 6.27. The van der Waals surface area contributed by atoms with E-state index in [1.807, 2.05) is 0 Å². The number of hydrogen-bond acceptors (Lipinski definition) is 2. The molecule has 57 heavy (non-hydrogen) atoms. The van der Waals surface area contributed by atoms with Crippen molar-refractivity contribution in [2.24, 2.45) is 0 Å². The third-order valence-electron chi connectivity index (χ3n) is 12.8. The second-order valence-electron chi connectivity index (χ2n) is 15.6. The number of hydrogen-bond donors (Lipinski definition) is 0. The van der Waals surface area contributed by atoms with E-state index in [0.717, 1.165) is 33.5 Å². The van der Waals surface area contributed by atoms with Crippen molar-refractivity contribution in [1.29, 1.82) is 0 Å².